The number of nitrogens with two attached hydrogens (primary N) is 1. The van der Waals surface area contributed by atoms with Gasteiger partial charge in [0.05, 0.1) is 0 Å². The number of aryl methyl sites for hydroxylation is 1. The van der Waals surface area contributed by atoms with Gasteiger partial charge in [0.15, 0.2) is 17.0 Å². The number of alkyl halides is 3. The summed E-state index contributed by atoms with van der Waals surface area (Å²) in [7, 11) is 0. The van der Waals surface area contributed by atoms with Gasteiger partial charge in [-0.15, -0.1) is 0 Å². The SMILES string of the molecule is Cc1nc([C@](C)(O)C#Cc2ccc3c(c2)-c2nc(C(N)=O)c(C(F)(F)F)n2C2CC3C2)no1. The van der Waals surface area contributed by atoms with Crippen LogP contribution in [0.1, 0.15) is 70.7 Å². The molecule has 0 radical (unpaired) electrons. The summed E-state index contributed by atoms with van der Waals surface area (Å²) < 4.78 is 47.6. The summed E-state index contributed by atoms with van der Waals surface area (Å²) in [5, 5.41) is 14.3. The number of benzene rings is 1. The third-order valence-electron chi connectivity index (χ3n) is 6.04. The summed E-state index contributed by atoms with van der Waals surface area (Å²) in [4.78, 5) is 19.8. The largest absolute Gasteiger partial charge is 0.433 e. The highest BCUT2D eigenvalue weighted by Crippen LogP contribution is 2.54. The Kier molecular flexibility index (Phi) is 4.45. The Morgan fingerprint density at radius 1 is 1.30 bits per heavy atom. The van der Waals surface area contributed by atoms with E-state index in [4.69, 9.17) is 10.3 Å². The van der Waals surface area contributed by atoms with E-state index in [-0.39, 0.29) is 23.5 Å². The minimum Gasteiger partial charge on any atom is -0.371 e. The third kappa shape index (κ3) is 3.38. The molecule has 6 rings (SSSR count). The number of carbonyl (C=O) groups is 1. The first-order chi connectivity index (χ1) is 15.5. The molecule has 1 saturated carbocycles. The minimum atomic E-state index is -4.79. The predicted molar refractivity (Wildman–Crippen MR) is 108 cm³/mol. The van der Waals surface area contributed by atoms with E-state index in [0.29, 0.717) is 24.0 Å². The molecular weight excluding hydrogens is 439 g/mol. The van der Waals surface area contributed by atoms with E-state index in [1.807, 2.05) is 0 Å². The zero-order valence-corrected chi connectivity index (χ0v) is 17.6. The summed E-state index contributed by atoms with van der Waals surface area (Å²) in [6.07, 6.45) is -3.77. The summed E-state index contributed by atoms with van der Waals surface area (Å²) in [5.74, 6) is 4.66. The van der Waals surface area contributed by atoms with E-state index in [1.165, 1.54) is 6.92 Å². The van der Waals surface area contributed by atoms with Crippen LogP contribution in [-0.4, -0.2) is 30.7 Å². The number of hydrogen-bond acceptors (Lipinski definition) is 6. The molecule has 1 aromatic carbocycles. The van der Waals surface area contributed by atoms with Gasteiger partial charge in [-0.1, -0.05) is 23.1 Å². The molecule has 0 saturated heterocycles. The number of aliphatic hydroxyl groups is 1. The van der Waals surface area contributed by atoms with Gasteiger partial charge in [-0.3, -0.25) is 4.79 Å². The minimum absolute atomic E-state index is 0.000422. The van der Waals surface area contributed by atoms with Gasteiger partial charge in [0.2, 0.25) is 11.7 Å². The molecule has 33 heavy (non-hydrogen) atoms. The molecular formula is C22H18F3N5O3. The smallest absolute Gasteiger partial charge is 0.371 e. The van der Waals surface area contributed by atoms with Crippen molar-refractivity contribution in [1.29, 1.82) is 0 Å². The molecule has 1 atom stereocenters. The van der Waals surface area contributed by atoms with Crippen molar-refractivity contribution in [3.8, 4) is 23.2 Å². The molecule has 0 unspecified atom stereocenters. The van der Waals surface area contributed by atoms with Crippen LogP contribution in [-0.2, 0) is 11.8 Å². The summed E-state index contributed by atoms with van der Waals surface area (Å²) in [6, 6.07) is 4.72. The lowest BCUT2D eigenvalue weighted by atomic mass is 9.75. The third-order valence-corrected chi connectivity index (χ3v) is 6.04. The van der Waals surface area contributed by atoms with Gasteiger partial charge >= 0.3 is 6.18 Å². The normalized spacial score (nSPS) is 20.4. The second-order valence-corrected chi connectivity index (χ2v) is 8.45. The van der Waals surface area contributed by atoms with Crippen LogP contribution < -0.4 is 5.73 Å². The number of aromatic nitrogens is 4. The van der Waals surface area contributed by atoms with Crippen LogP contribution in [0.3, 0.4) is 0 Å². The molecule has 3 aromatic rings. The van der Waals surface area contributed by atoms with Gasteiger partial charge in [-0.05, 0) is 43.4 Å². The lowest BCUT2D eigenvalue weighted by molar-refractivity contribution is -0.145. The Hall–Kier alpha value is -3.65. The van der Waals surface area contributed by atoms with Crippen LogP contribution in [0.15, 0.2) is 22.7 Å². The summed E-state index contributed by atoms with van der Waals surface area (Å²) in [6.45, 7) is 2.99. The molecule has 4 heterocycles. The van der Waals surface area contributed by atoms with Gasteiger partial charge in [0, 0.05) is 24.1 Å². The lowest BCUT2D eigenvalue weighted by Gasteiger charge is -2.35. The maximum Gasteiger partial charge on any atom is 0.433 e. The fourth-order valence-corrected chi connectivity index (χ4v) is 4.40. The Labute approximate surface area is 185 Å². The number of halogens is 3. The summed E-state index contributed by atoms with van der Waals surface area (Å²) in [5.41, 5.74) is 3.37. The molecule has 1 fully saturated rings. The van der Waals surface area contributed by atoms with Crippen LogP contribution in [0.2, 0.25) is 0 Å². The number of imidazole rings is 1. The monoisotopic (exact) mass is 457 g/mol. The van der Waals surface area contributed by atoms with Crippen molar-refractivity contribution in [2.24, 2.45) is 5.73 Å². The second-order valence-electron chi connectivity index (χ2n) is 8.45. The van der Waals surface area contributed by atoms with Crippen molar-refractivity contribution in [3.63, 3.8) is 0 Å². The first kappa shape index (κ1) is 21.2. The Morgan fingerprint density at radius 3 is 2.64 bits per heavy atom. The van der Waals surface area contributed by atoms with E-state index in [0.717, 1.165) is 10.1 Å². The van der Waals surface area contributed by atoms with E-state index < -0.39 is 35.1 Å². The van der Waals surface area contributed by atoms with Crippen molar-refractivity contribution in [1.82, 2.24) is 19.7 Å². The lowest BCUT2D eigenvalue weighted by Crippen LogP contribution is -2.28. The van der Waals surface area contributed by atoms with Gasteiger partial charge in [0.1, 0.15) is 5.82 Å². The molecule has 0 spiro atoms. The highest BCUT2D eigenvalue weighted by molar-refractivity contribution is 5.93. The van der Waals surface area contributed by atoms with Gasteiger partial charge in [0.25, 0.3) is 5.91 Å². The number of hydrogen-bond donors (Lipinski definition) is 2. The standard InChI is InChI=1S/C22H18F3N5O3/c1-10-27-20(29-33-10)21(2,32)6-5-11-3-4-14-12-8-13(9-12)30-17(22(23,24)25)16(18(26)31)28-19(30)15(14)7-11/h3-4,7,12-13,32H,8-9H2,1-2H3,(H2,26,31)/t12?,13?,21-/m1/s1. The Morgan fingerprint density at radius 2 is 2.03 bits per heavy atom. The topological polar surface area (TPSA) is 120 Å². The molecule has 11 heteroatoms. The highest BCUT2D eigenvalue weighted by Gasteiger charge is 2.48. The fourth-order valence-electron chi connectivity index (χ4n) is 4.40. The van der Waals surface area contributed by atoms with Crippen molar-refractivity contribution >= 4 is 5.91 Å². The van der Waals surface area contributed by atoms with Crippen LogP contribution in [0, 0.1) is 18.8 Å². The highest BCUT2D eigenvalue weighted by atomic mass is 19.4. The van der Waals surface area contributed by atoms with E-state index >= 15 is 0 Å². The van der Waals surface area contributed by atoms with Crippen LogP contribution in [0.25, 0.3) is 11.4 Å². The number of primary amides is 1. The van der Waals surface area contributed by atoms with Gasteiger partial charge in [-0.2, -0.15) is 18.2 Å². The Bertz CT molecular complexity index is 1350. The maximum atomic E-state index is 13.9. The van der Waals surface area contributed by atoms with Crippen molar-refractivity contribution in [2.45, 2.75) is 50.4 Å². The number of amides is 1. The molecule has 2 aromatic heterocycles. The molecule has 3 N–H and O–H groups in total. The molecule has 1 amide bonds. The molecule has 3 aliphatic rings. The second kappa shape index (κ2) is 6.92. The zero-order valence-electron chi connectivity index (χ0n) is 17.6. The molecule has 2 bridgehead atoms. The average molecular weight is 457 g/mol. The number of nitrogens with zero attached hydrogens (tertiary/aromatic N) is 4. The van der Waals surface area contributed by atoms with E-state index in [9.17, 15) is 23.1 Å². The maximum absolute atomic E-state index is 13.9. The predicted octanol–water partition coefficient (Wildman–Crippen LogP) is 3.05. The van der Waals surface area contributed by atoms with Gasteiger partial charge < -0.3 is 19.9 Å². The number of rotatable bonds is 2. The molecule has 1 aliphatic carbocycles. The van der Waals surface area contributed by atoms with Crippen LogP contribution in [0.4, 0.5) is 13.2 Å². The van der Waals surface area contributed by atoms with Crippen molar-refractivity contribution < 1.29 is 27.6 Å². The molecule has 2 aliphatic heterocycles. The van der Waals surface area contributed by atoms with Crippen LogP contribution in [0.5, 0.6) is 0 Å². The average Bonchev–Trinajstić information content (AvgIpc) is 3.25. The van der Waals surface area contributed by atoms with Crippen molar-refractivity contribution in [2.75, 3.05) is 0 Å². The zero-order chi connectivity index (χ0) is 23.7. The first-order valence-electron chi connectivity index (χ1n) is 10.2. The van der Waals surface area contributed by atoms with E-state index in [2.05, 4.69) is 27.0 Å². The summed E-state index contributed by atoms with van der Waals surface area (Å²) >= 11 is 0. The van der Waals surface area contributed by atoms with Crippen LogP contribution >= 0.6 is 0 Å². The molecule has 8 nitrogen and oxygen atoms in total. The Balaban J connectivity index is 1.64. The number of carbonyl (C=O) groups excluding carboxylic acids is 1. The van der Waals surface area contributed by atoms with Gasteiger partial charge in [-0.25, -0.2) is 4.98 Å². The van der Waals surface area contributed by atoms with Crippen molar-refractivity contribution in [3.05, 3.63) is 52.4 Å². The quantitative estimate of drug-likeness (QED) is 0.571. The first-order valence-corrected chi connectivity index (χ1v) is 10.2. The molecule has 170 valence electrons. The fraction of sp³-hybridized carbons (Fsp3) is 0.364. The van der Waals surface area contributed by atoms with E-state index in [1.54, 1.807) is 25.1 Å².